The van der Waals surface area contributed by atoms with E-state index in [2.05, 4.69) is 24.1 Å². The Labute approximate surface area is 119 Å². The molecule has 1 rings (SSSR count). The van der Waals surface area contributed by atoms with Crippen molar-refractivity contribution >= 4 is 17.6 Å². The Morgan fingerprint density at radius 3 is 2.50 bits per heavy atom. The van der Waals surface area contributed by atoms with Gasteiger partial charge in [0.15, 0.2) is 0 Å². The first kappa shape index (κ1) is 16.2. The van der Waals surface area contributed by atoms with E-state index in [0.29, 0.717) is 5.69 Å². The zero-order valence-electron chi connectivity index (χ0n) is 12.1. The summed E-state index contributed by atoms with van der Waals surface area (Å²) < 4.78 is 0. The van der Waals surface area contributed by atoms with Crippen LogP contribution in [0.2, 0.25) is 0 Å². The summed E-state index contributed by atoms with van der Waals surface area (Å²) in [7, 11) is 0. The number of amides is 1. The quantitative estimate of drug-likeness (QED) is 0.765. The molecule has 5 nitrogen and oxygen atoms in total. The van der Waals surface area contributed by atoms with Crippen LogP contribution in [0, 0.1) is 0 Å². The maximum atomic E-state index is 11.6. The zero-order chi connectivity index (χ0) is 15.0. The van der Waals surface area contributed by atoms with Gasteiger partial charge in [0.1, 0.15) is 0 Å². The van der Waals surface area contributed by atoms with Crippen LogP contribution < -0.4 is 5.32 Å². The number of nitrogens with zero attached hydrogens (tertiary/aromatic N) is 1. The minimum Gasteiger partial charge on any atom is -0.481 e. The highest BCUT2D eigenvalue weighted by Crippen LogP contribution is 2.13. The van der Waals surface area contributed by atoms with Crippen molar-refractivity contribution in [1.29, 1.82) is 0 Å². The third kappa shape index (κ3) is 5.84. The lowest BCUT2D eigenvalue weighted by Gasteiger charge is -2.18. The number of hydrogen-bond acceptors (Lipinski definition) is 3. The Kier molecular flexibility index (Phi) is 6.73. The number of aliphatic carboxylic acids is 1. The molecule has 0 aliphatic rings. The van der Waals surface area contributed by atoms with Gasteiger partial charge in [-0.25, -0.2) is 0 Å². The fraction of sp³-hybridized carbons (Fsp3) is 0.467. The fourth-order valence-corrected chi connectivity index (χ4v) is 1.90. The lowest BCUT2D eigenvalue weighted by molar-refractivity contribution is -0.138. The Morgan fingerprint density at radius 1 is 1.20 bits per heavy atom. The van der Waals surface area contributed by atoms with Crippen LogP contribution in [-0.2, 0) is 16.1 Å². The molecule has 1 amide bonds. The van der Waals surface area contributed by atoms with Gasteiger partial charge in [-0.15, -0.1) is 0 Å². The minimum absolute atomic E-state index is 0.00436. The summed E-state index contributed by atoms with van der Waals surface area (Å²) in [6.07, 6.45) is -0.152. The number of anilines is 1. The van der Waals surface area contributed by atoms with Crippen molar-refractivity contribution in [2.45, 2.75) is 33.2 Å². The number of benzene rings is 1. The topological polar surface area (TPSA) is 69.6 Å². The molecule has 2 N–H and O–H groups in total. The van der Waals surface area contributed by atoms with Crippen molar-refractivity contribution in [3.63, 3.8) is 0 Å². The van der Waals surface area contributed by atoms with E-state index >= 15 is 0 Å². The van der Waals surface area contributed by atoms with E-state index in [1.54, 1.807) is 0 Å². The fourth-order valence-electron chi connectivity index (χ4n) is 1.90. The molecule has 0 aliphatic carbocycles. The van der Waals surface area contributed by atoms with Crippen LogP contribution in [0.15, 0.2) is 24.3 Å². The van der Waals surface area contributed by atoms with Crippen LogP contribution in [0.25, 0.3) is 0 Å². The lowest BCUT2D eigenvalue weighted by Crippen LogP contribution is -2.22. The summed E-state index contributed by atoms with van der Waals surface area (Å²) in [4.78, 5) is 24.3. The second-order valence-electron chi connectivity index (χ2n) is 4.60. The molecule has 1 aromatic rings. The van der Waals surface area contributed by atoms with Crippen LogP contribution in [0.4, 0.5) is 5.69 Å². The van der Waals surface area contributed by atoms with Crippen molar-refractivity contribution < 1.29 is 14.7 Å². The molecule has 5 heteroatoms. The molecule has 0 fully saturated rings. The minimum atomic E-state index is -0.963. The smallest absolute Gasteiger partial charge is 0.303 e. The molecule has 110 valence electrons. The summed E-state index contributed by atoms with van der Waals surface area (Å²) in [5.41, 5.74) is 1.84. The highest BCUT2D eigenvalue weighted by Gasteiger charge is 2.07. The van der Waals surface area contributed by atoms with Gasteiger partial charge in [0.25, 0.3) is 0 Å². The standard InChI is InChI=1S/C15H22N2O3/c1-3-17(4-2)11-12-6-5-7-13(10-12)16-14(18)8-9-15(19)20/h5-7,10H,3-4,8-9,11H2,1-2H3,(H,16,18)(H,19,20). The molecule has 0 saturated heterocycles. The normalized spacial score (nSPS) is 10.6. The number of rotatable bonds is 8. The van der Waals surface area contributed by atoms with Crippen molar-refractivity contribution in [3.8, 4) is 0 Å². The Morgan fingerprint density at radius 2 is 1.90 bits per heavy atom. The largest absolute Gasteiger partial charge is 0.481 e. The predicted molar refractivity (Wildman–Crippen MR) is 78.6 cm³/mol. The molecule has 0 aliphatic heterocycles. The summed E-state index contributed by atoms with van der Waals surface area (Å²) in [5, 5.41) is 11.3. The van der Waals surface area contributed by atoms with Gasteiger partial charge in [0, 0.05) is 18.7 Å². The van der Waals surface area contributed by atoms with Gasteiger partial charge in [-0.05, 0) is 30.8 Å². The van der Waals surface area contributed by atoms with Crippen molar-refractivity contribution in [2.24, 2.45) is 0 Å². The van der Waals surface area contributed by atoms with Crippen LogP contribution in [0.5, 0.6) is 0 Å². The van der Waals surface area contributed by atoms with Gasteiger partial charge >= 0.3 is 5.97 Å². The monoisotopic (exact) mass is 278 g/mol. The van der Waals surface area contributed by atoms with E-state index < -0.39 is 5.97 Å². The molecule has 0 unspecified atom stereocenters. The number of carboxylic acid groups (broad SMARTS) is 1. The number of hydrogen-bond donors (Lipinski definition) is 2. The first-order valence-corrected chi connectivity index (χ1v) is 6.88. The number of carbonyl (C=O) groups is 2. The van der Waals surface area contributed by atoms with Gasteiger partial charge in [-0.1, -0.05) is 26.0 Å². The molecule has 0 atom stereocenters. The van der Waals surface area contributed by atoms with Crippen LogP contribution in [0.3, 0.4) is 0 Å². The molecular formula is C15H22N2O3. The van der Waals surface area contributed by atoms with Gasteiger partial charge < -0.3 is 10.4 Å². The molecule has 0 aromatic heterocycles. The molecule has 0 spiro atoms. The summed E-state index contributed by atoms with van der Waals surface area (Å²) in [5.74, 6) is -1.23. The van der Waals surface area contributed by atoms with Crippen LogP contribution >= 0.6 is 0 Å². The van der Waals surface area contributed by atoms with Crippen molar-refractivity contribution in [2.75, 3.05) is 18.4 Å². The van der Waals surface area contributed by atoms with E-state index in [1.807, 2.05) is 24.3 Å². The van der Waals surface area contributed by atoms with Gasteiger partial charge in [0.2, 0.25) is 5.91 Å². The molecule has 20 heavy (non-hydrogen) atoms. The Balaban J connectivity index is 2.59. The highest BCUT2D eigenvalue weighted by atomic mass is 16.4. The molecule has 0 saturated carbocycles. The van der Waals surface area contributed by atoms with E-state index in [-0.39, 0.29) is 18.7 Å². The summed E-state index contributed by atoms with van der Waals surface area (Å²) >= 11 is 0. The third-order valence-electron chi connectivity index (χ3n) is 3.08. The predicted octanol–water partition coefficient (Wildman–Crippen LogP) is 2.33. The second-order valence-corrected chi connectivity index (χ2v) is 4.60. The van der Waals surface area contributed by atoms with E-state index in [0.717, 1.165) is 25.2 Å². The van der Waals surface area contributed by atoms with Gasteiger partial charge in [-0.3, -0.25) is 14.5 Å². The van der Waals surface area contributed by atoms with Crippen molar-refractivity contribution in [1.82, 2.24) is 4.90 Å². The van der Waals surface area contributed by atoms with Crippen LogP contribution in [-0.4, -0.2) is 35.0 Å². The molecule has 1 aromatic carbocycles. The molecular weight excluding hydrogens is 256 g/mol. The number of carboxylic acids is 1. The Hall–Kier alpha value is -1.88. The zero-order valence-corrected chi connectivity index (χ0v) is 12.1. The SMILES string of the molecule is CCN(CC)Cc1cccc(NC(=O)CCC(=O)O)c1. The summed E-state index contributed by atoms with van der Waals surface area (Å²) in [6, 6.07) is 7.65. The maximum absolute atomic E-state index is 11.6. The lowest BCUT2D eigenvalue weighted by atomic mass is 10.2. The maximum Gasteiger partial charge on any atom is 0.303 e. The number of carbonyl (C=O) groups excluding carboxylic acids is 1. The summed E-state index contributed by atoms with van der Waals surface area (Å²) in [6.45, 7) is 7.02. The molecule has 0 bridgehead atoms. The second kappa shape index (κ2) is 8.32. The first-order valence-electron chi connectivity index (χ1n) is 6.88. The third-order valence-corrected chi connectivity index (χ3v) is 3.08. The average molecular weight is 278 g/mol. The van der Waals surface area contributed by atoms with E-state index in [1.165, 1.54) is 0 Å². The van der Waals surface area contributed by atoms with E-state index in [9.17, 15) is 9.59 Å². The average Bonchev–Trinajstić information content (AvgIpc) is 2.43. The first-order chi connectivity index (χ1) is 9.55. The van der Waals surface area contributed by atoms with Gasteiger partial charge in [-0.2, -0.15) is 0 Å². The molecule has 0 heterocycles. The Bertz CT molecular complexity index is 456. The van der Waals surface area contributed by atoms with Crippen LogP contribution in [0.1, 0.15) is 32.3 Å². The van der Waals surface area contributed by atoms with Gasteiger partial charge in [0.05, 0.1) is 6.42 Å². The number of nitrogens with one attached hydrogen (secondary N) is 1. The highest BCUT2D eigenvalue weighted by molar-refractivity contribution is 5.92. The van der Waals surface area contributed by atoms with Crippen molar-refractivity contribution in [3.05, 3.63) is 29.8 Å². The molecule has 0 radical (unpaired) electrons. The van der Waals surface area contributed by atoms with E-state index in [4.69, 9.17) is 5.11 Å².